The van der Waals surface area contributed by atoms with Crippen molar-refractivity contribution >= 4 is 23.4 Å². The summed E-state index contributed by atoms with van der Waals surface area (Å²) in [6, 6.07) is 3.24. The maximum Gasteiger partial charge on any atom is 0.234 e. The van der Waals surface area contributed by atoms with Crippen LogP contribution in [0, 0.1) is 11.6 Å². The van der Waals surface area contributed by atoms with Crippen LogP contribution in [0.3, 0.4) is 0 Å². The van der Waals surface area contributed by atoms with Crippen molar-refractivity contribution in [1.82, 2.24) is 0 Å². The van der Waals surface area contributed by atoms with Gasteiger partial charge in [0, 0.05) is 17.5 Å². The molecule has 86 valence electrons. The molecule has 1 amide bonds. The van der Waals surface area contributed by atoms with Gasteiger partial charge in [0.15, 0.2) is 11.6 Å². The van der Waals surface area contributed by atoms with Crippen LogP contribution < -0.4 is 5.32 Å². The van der Waals surface area contributed by atoms with Crippen molar-refractivity contribution in [3.63, 3.8) is 0 Å². The van der Waals surface area contributed by atoms with Gasteiger partial charge in [-0.3, -0.25) is 4.79 Å². The molecule has 0 saturated heterocycles. The van der Waals surface area contributed by atoms with Crippen molar-refractivity contribution in [3.8, 4) is 0 Å². The van der Waals surface area contributed by atoms with Crippen LogP contribution in [-0.4, -0.2) is 17.4 Å². The van der Waals surface area contributed by atoms with E-state index in [9.17, 15) is 13.6 Å². The number of rotatable bonds is 5. The van der Waals surface area contributed by atoms with E-state index < -0.39 is 11.6 Å². The fourth-order valence-corrected chi connectivity index (χ4v) is 1.55. The minimum atomic E-state index is -0.975. The molecule has 0 bridgehead atoms. The number of hydrogen-bond acceptors (Lipinski definition) is 2. The quantitative estimate of drug-likeness (QED) is 0.636. The van der Waals surface area contributed by atoms with Crippen LogP contribution in [0.1, 0.15) is 0 Å². The van der Waals surface area contributed by atoms with Crippen LogP contribution in [0.5, 0.6) is 0 Å². The summed E-state index contributed by atoms with van der Waals surface area (Å²) in [6.45, 7) is 3.52. The Morgan fingerprint density at radius 2 is 2.19 bits per heavy atom. The predicted molar refractivity (Wildman–Crippen MR) is 62.5 cm³/mol. The van der Waals surface area contributed by atoms with E-state index in [4.69, 9.17) is 0 Å². The highest BCUT2D eigenvalue weighted by molar-refractivity contribution is 8.00. The average Bonchev–Trinajstić information content (AvgIpc) is 2.24. The zero-order chi connectivity index (χ0) is 12.0. The summed E-state index contributed by atoms with van der Waals surface area (Å²) in [7, 11) is 0. The first kappa shape index (κ1) is 12.7. The Hall–Kier alpha value is -1.36. The molecule has 0 atom stereocenters. The molecular formula is C11H11F2NOS. The van der Waals surface area contributed by atoms with E-state index in [0.717, 1.165) is 12.1 Å². The lowest BCUT2D eigenvalue weighted by Crippen LogP contribution is -2.14. The predicted octanol–water partition coefficient (Wildman–Crippen LogP) is 2.82. The monoisotopic (exact) mass is 243 g/mol. The van der Waals surface area contributed by atoms with Gasteiger partial charge in [-0.15, -0.1) is 18.3 Å². The Bertz CT molecular complexity index is 396. The summed E-state index contributed by atoms with van der Waals surface area (Å²) in [5.41, 5.74) is 0.253. The number of amides is 1. The van der Waals surface area contributed by atoms with E-state index in [0.29, 0.717) is 5.75 Å². The smallest absolute Gasteiger partial charge is 0.234 e. The topological polar surface area (TPSA) is 29.1 Å². The van der Waals surface area contributed by atoms with Crippen molar-refractivity contribution in [2.24, 2.45) is 0 Å². The maximum absolute atomic E-state index is 12.8. The van der Waals surface area contributed by atoms with Crippen LogP contribution in [0.4, 0.5) is 14.5 Å². The van der Waals surface area contributed by atoms with Crippen molar-refractivity contribution in [2.75, 3.05) is 16.8 Å². The highest BCUT2D eigenvalue weighted by Gasteiger charge is 2.05. The van der Waals surface area contributed by atoms with Gasteiger partial charge in [-0.05, 0) is 12.1 Å². The number of benzene rings is 1. The van der Waals surface area contributed by atoms with Gasteiger partial charge < -0.3 is 5.32 Å². The number of carbonyl (C=O) groups excluding carboxylic acids is 1. The molecule has 2 nitrogen and oxygen atoms in total. The Morgan fingerprint density at radius 3 is 2.81 bits per heavy atom. The first-order valence-electron chi connectivity index (χ1n) is 4.57. The fourth-order valence-electron chi connectivity index (χ4n) is 1.01. The lowest BCUT2D eigenvalue weighted by atomic mass is 10.3. The Kier molecular flexibility index (Phi) is 4.98. The molecule has 5 heteroatoms. The maximum atomic E-state index is 12.8. The molecule has 0 spiro atoms. The van der Waals surface area contributed by atoms with Gasteiger partial charge in [-0.2, -0.15) is 0 Å². The van der Waals surface area contributed by atoms with Crippen molar-refractivity contribution < 1.29 is 13.6 Å². The molecular weight excluding hydrogens is 232 g/mol. The molecule has 1 rings (SSSR count). The minimum Gasteiger partial charge on any atom is -0.325 e. The van der Waals surface area contributed by atoms with E-state index in [-0.39, 0.29) is 17.3 Å². The molecule has 0 fully saturated rings. The van der Waals surface area contributed by atoms with Crippen LogP contribution in [0.15, 0.2) is 30.9 Å². The molecule has 0 aromatic heterocycles. The van der Waals surface area contributed by atoms with Crippen LogP contribution in [0.2, 0.25) is 0 Å². The van der Waals surface area contributed by atoms with E-state index in [2.05, 4.69) is 11.9 Å². The SMILES string of the molecule is C=CCSCC(=O)Nc1ccc(F)c(F)c1. The van der Waals surface area contributed by atoms with E-state index in [1.165, 1.54) is 17.8 Å². The molecule has 0 radical (unpaired) electrons. The standard InChI is InChI=1S/C11H11F2NOS/c1-2-5-16-7-11(15)14-8-3-4-9(12)10(13)6-8/h2-4,6H,1,5,7H2,(H,14,15). The highest BCUT2D eigenvalue weighted by atomic mass is 32.2. The Morgan fingerprint density at radius 1 is 1.44 bits per heavy atom. The molecule has 0 saturated carbocycles. The van der Waals surface area contributed by atoms with Gasteiger partial charge in [0.1, 0.15) is 0 Å². The summed E-state index contributed by atoms with van der Waals surface area (Å²) in [6.07, 6.45) is 1.69. The second kappa shape index (κ2) is 6.27. The van der Waals surface area contributed by atoms with Gasteiger partial charge >= 0.3 is 0 Å². The van der Waals surface area contributed by atoms with Crippen LogP contribution in [-0.2, 0) is 4.79 Å². The number of hydrogen-bond donors (Lipinski definition) is 1. The third kappa shape index (κ3) is 4.02. The highest BCUT2D eigenvalue weighted by Crippen LogP contribution is 2.13. The number of nitrogens with one attached hydrogen (secondary N) is 1. The zero-order valence-electron chi connectivity index (χ0n) is 8.50. The largest absolute Gasteiger partial charge is 0.325 e. The number of halogens is 2. The molecule has 0 aliphatic carbocycles. The lowest BCUT2D eigenvalue weighted by Gasteiger charge is -2.04. The van der Waals surface area contributed by atoms with Gasteiger partial charge in [0.05, 0.1) is 5.75 Å². The Balaban J connectivity index is 2.49. The van der Waals surface area contributed by atoms with Crippen LogP contribution in [0.25, 0.3) is 0 Å². The molecule has 16 heavy (non-hydrogen) atoms. The second-order valence-electron chi connectivity index (χ2n) is 2.98. The zero-order valence-corrected chi connectivity index (χ0v) is 9.32. The van der Waals surface area contributed by atoms with Crippen molar-refractivity contribution in [3.05, 3.63) is 42.5 Å². The summed E-state index contributed by atoms with van der Waals surface area (Å²) in [5, 5.41) is 2.47. The van der Waals surface area contributed by atoms with Crippen molar-refractivity contribution in [2.45, 2.75) is 0 Å². The Labute approximate surface area is 96.7 Å². The van der Waals surface area contributed by atoms with E-state index in [1.54, 1.807) is 6.08 Å². The lowest BCUT2D eigenvalue weighted by molar-refractivity contribution is -0.113. The van der Waals surface area contributed by atoms with E-state index in [1.807, 2.05) is 0 Å². The molecule has 1 aromatic rings. The van der Waals surface area contributed by atoms with Crippen molar-refractivity contribution in [1.29, 1.82) is 0 Å². The van der Waals surface area contributed by atoms with Gasteiger partial charge in [0.25, 0.3) is 0 Å². The first-order valence-corrected chi connectivity index (χ1v) is 5.72. The molecule has 0 aliphatic heterocycles. The second-order valence-corrected chi connectivity index (χ2v) is 4.01. The van der Waals surface area contributed by atoms with Gasteiger partial charge in [0.2, 0.25) is 5.91 Å². The van der Waals surface area contributed by atoms with E-state index >= 15 is 0 Å². The average molecular weight is 243 g/mol. The fraction of sp³-hybridized carbons (Fsp3) is 0.182. The summed E-state index contributed by atoms with van der Waals surface area (Å²) in [4.78, 5) is 11.3. The summed E-state index contributed by atoms with van der Waals surface area (Å²) in [5.74, 6) is -1.23. The summed E-state index contributed by atoms with van der Waals surface area (Å²) < 4.78 is 25.4. The molecule has 0 aliphatic rings. The molecule has 0 unspecified atom stereocenters. The van der Waals surface area contributed by atoms with Gasteiger partial charge in [-0.1, -0.05) is 6.08 Å². The molecule has 1 aromatic carbocycles. The third-order valence-electron chi connectivity index (χ3n) is 1.67. The minimum absolute atomic E-state index is 0.252. The number of anilines is 1. The number of thioether (sulfide) groups is 1. The first-order chi connectivity index (χ1) is 7.63. The molecule has 0 heterocycles. The normalized spacial score (nSPS) is 9.88. The molecule has 1 N–H and O–H groups in total. The third-order valence-corrected chi connectivity index (χ3v) is 2.61. The van der Waals surface area contributed by atoms with Crippen LogP contribution >= 0.6 is 11.8 Å². The van der Waals surface area contributed by atoms with Gasteiger partial charge in [-0.25, -0.2) is 8.78 Å². The summed E-state index contributed by atoms with van der Waals surface area (Å²) >= 11 is 1.39. The number of carbonyl (C=O) groups is 1.